The summed E-state index contributed by atoms with van der Waals surface area (Å²) in [6.07, 6.45) is -0.181. The van der Waals surface area contributed by atoms with E-state index in [2.05, 4.69) is 10.2 Å². The molecular weight excluding hydrogens is 178 g/mol. The summed E-state index contributed by atoms with van der Waals surface area (Å²) in [5.74, 6) is -1.31. The van der Waals surface area contributed by atoms with E-state index in [1.807, 2.05) is 0 Å². The topological polar surface area (TPSA) is 84.9 Å². The Morgan fingerprint density at radius 1 is 1.31 bits per heavy atom. The summed E-state index contributed by atoms with van der Waals surface area (Å²) in [4.78, 5) is 24.5. The lowest BCUT2D eigenvalue weighted by molar-refractivity contribution is -0.233. The van der Waals surface area contributed by atoms with E-state index in [0.29, 0.717) is 0 Å². The molecule has 0 aliphatic heterocycles. The molecule has 0 spiro atoms. The van der Waals surface area contributed by atoms with Crippen LogP contribution in [0.3, 0.4) is 0 Å². The smallest absolute Gasteiger partial charge is 0.355 e. The first-order valence-corrected chi connectivity index (χ1v) is 3.80. The third-order valence-corrected chi connectivity index (χ3v) is 1.01. The molecule has 0 saturated heterocycles. The van der Waals surface area contributed by atoms with Crippen LogP contribution in [0.25, 0.3) is 0 Å². The highest BCUT2D eigenvalue weighted by Crippen LogP contribution is 1.87. The number of ether oxygens (including phenoxy) is 1. The van der Waals surface area contributed by atoms with Crippen molar-refractivity contribution in [1.29, 1.82) is 0 Å². The van der Waals surface area contributed by atoms with E-state index in [9.17, 15) is 9.59 Å². The zero-order valence-corrected chi connectivity index (χ0v) is 7.57. The van der Waals surface area contributed by atoms with Crippen molar-refractivity contribution in [3.05, 3.63) is 0 Å². The molecule has 0 bridgehead atoms. The van der Waals surface area contributed by atoms with Crippen molar-refractivity contribution in [1.82, 2.24) is 5.32 Å². The summed E-state index contributed by atoms with van der Waals surface area (Å²) in [5, 5.41) is 10.3. The number of nitrogens with one attached hydrogen (secondary N) is 1. The quantitative estimate of drug-likeness (QED) is 0.347. The van der Waals surface area contributed by atoms with Gasteiger partial charge >= 0.3 is 11.9 Å². The SMILES string of the molecule is CC(C)OC(=O)CNCC(=O)OO. The Morgan fingerprint density at radius 3 is 2.31 bits per heavy atom. The summed E-state index contributed by atoms with van der Waals surface area (Å²) in [5.41, 5.74) is 0. The van der Waals surface area contributed by atoms with Gasteiger partial charge in [-0.3, -0.25) is 15.0 Å². The van der Waals surface area contributed by atoms with Gasteiger partial charge in [-0.25, -0.2) is 4.79 Å². The highest BCUT2D eigenvalue weighted by molar-refractivity contribution is 5.74. The molecule has 0 rings (SSSR count). The molecule has 0 amide bonds. The van der Waals surface area contributed by atoms with Crippen molar-refractivity contribution >= 4 is 11.9 Å². The molecule has 0 atom stereocenters. The molecule has 6 heteroatoms. The maximum atomic E-state index is 10.8. The highest BCUT2D eigenvalue weighted by atomic mass is 17.1. The van der Waals surface area contributed by atoms with Crippen molar-refractivity contribution < 1.29 is 24.5 Å². The van der Waals surface area contributed by atoms with Gasteiger partial charge in [-0.15, -0.1) is 0 Å². The Bertz CT molecular complexity index is 180. The Hall–Kier alpha value is -1.14. The first-order valence-electron chi connectivity index (χ1n) is 3.80. The highest BCUT2D eigenvalue weighted by Gasteiger charge is 2.06. The van der Waals surface area contributed by atoms with Crippen molar-refractivity contribution in [2.75, 3.05) is 13.1 Å². The lowest BCUT2D eigenvalue weighted by Crippen LogP contribution is -2.31. The summed E-state index contributed by atoms with van der Waals surface area (Å²) >= 11 is 0. The molecule has 76 valence electrons. The second kappa shape index (κ2) is 6.38. The monoisotopic (exact) mass is 191 g/mol. The van der Waals surface area contributed by atoms with E-state index in [1.165, 1.54) is 0 Å². The molecule has 6 nitrogen and oxygen atoms in total. The third-order valence-electron chi connectivity index (χ3n) is 1.01. The molecule has 0 aromatic rings. The largest absolute Gasteiger partial charge is 0.462 e. The molecule has 0 aromatic heterocycles. The standard InChI is InChI=1S/C7H13NO5/c1-5(2)12-6(9)3-8-4-7(10)13-11/h5,8,11H,3-4H2,1-2H3. The lowest BCUT2D eigenvalue weighted by atomic mass is 10.5. The van der Waals surface area contributed by atoms with E-state index in [-0.39, 0.29) is 19.2 Å². The Labute approximate surface area is 75.8 Å². The third kappa shape index (κ3) is 7.23. The summed E-state index contributed by atoms with van der Waals surface area (Å²) in [6, 6.07) is 0. The zero-order chi connectivity index (χ0) is 10.3. The fourth-order valence-electron chi connectivity index (χ4n) is 0.603. The van der Waals surface area contributed by atoms with E-state index < -0.39 is 11.9 Å². The molecule has 0 fully saturated rings. The molecule has 13 heavy (non-hydrogen) atoms. The minimum absolute atomic E-state index is 0.0900. The predicted molar refractivity (Wildman–Crippen MR) is 42.8 cm³/mol. The molecular formula is C7H13NO5. The molecule has 0 aliphatic rings. The lowest BCUT2D eigenvalue weighted by Gasteiger charge is -2.07. The van der Waals surface area contributed by atoms with Crippen LogP contribution in [-0.4, -0.2) is 36.4 Å². The van der Waals surface area contributed by atoms with Crippen LogP contribution in [0.5, 0.6) is 0 Å². The zero-order valence-electron chi connectivity index (χ0n) is 7.57. The van der Waals surface area contributed by atoms with Crippen molar-refractivity contribution in [3.8, 4) is 0 Å². The first-order chi connectivity index (χ1) is 6.06. The van der Waals surface area contributed by atoms with Gasteiger partial charge in [-0.05, 0) is 13.8 Å². The van der Waals surface area contributed by atoms with E-state index in [1.54, 1.807) is 13.8 Å². The number of carbonyl (C=O) groups excluding carboxylic acids is 2. The van der Waals surface area contributed by atoms with Gasteiger partial charge in [-0.1, -0.05) is 0 Å². The van der Waals surface area contributed by atoms with Crippen molar-refractivity contribution in [2.24, 2.45) is 0 Å². The second-order valence-corrected chi connectivity index (χ2v) is 2.61. The number of esters is 1. The van der Waals surface area contributed by atoms with Crippen LogP contribution in [0.4, 0.5) is 0 Å². The molecule has 0 unspecified atom stereocenters. The van der Waals surface area contributed by atoms with Crippen LogP contribution in [0.2, 0.25) is 0 Å². The van der Waals surface area contributed by atoms with Crippen LogP contribution in [0, 0.1) is 0 Å². The Morgan fingerprint density at radius 2 is 1.85 bits per heavy atom. The van der Waals surface area contributed by atoms with Gasteiger partial charge in [0, 0.05) is 0 Å². The molecule has 0 heterocycles. The number of carbonyl (C=O) groups is 2. The van der Waals surface area contributed by atoms with E-state index in [4.69, 9.17) is 9.99 Å². The Balaban J connectivity index is 3.42. The normalized spacial score (nSPS) is 9.85. The van der Waals surface area contributed by atoms with Gasteiger partial charge in [0.15, 0.2) is 0 Å². The average Bonchev–Trinajstić information content (AvgIpc) is 2.02. The molecule has 0 aliphatic carbocycles. The van der Waals surface area contributed by atoms with Crippen LogP contribution in [-0.2, 0) is 19.2 Å². The molecule has 0 radical (unpaired) electrons. The van der Waals surface area contributed by atoms with Crippen LogP contribution >= 0.6 is 0 Å². The van der Waals surface area contributed by atoms with Crippen molar-refractivity contribution in [3.63, 3.8) is 0 Å². The minimum Gasteiger partial charge on any atom is -0.462 e. The van der Waals surface area contributed by atoms with E-state index >= 15 is 0 Å². The van der Waals surface area contributed by atoms with Gasteiger partial charge < -0.3 is 4.74 Å². The van der Waals surface area contributed by atoms with Gasteiger partial charge in [-0.2, -0.15) is 5.26 Å². The fraction of sp³-hybridized carbons (Fsp3) is 0.714. The number of rotatable bonds is 5. The maximum absolute atomic E-state index is 10.8. The van der Waals surface area contributed by atoms with E-state index in [0.717, 1.165) is 0 Å². The second-order valence-electron chi connectivity index (χ2n) is 2.61. The van der Waals surface area contributed by atoms with Gasteiger partial charge in [0.1, 0.15) is 0 Å². The average molecular weight is 191 g/mol. The molecule has 0 saturated carbocycles. The predicted octanol–water partition coefficient (Wildman–Crippen LogP) is -0.456. The summed E-state index contributed by atoms with van der Waals surface area (Å²) in [6.45, 7) is 3.12. The van der Waals surface area contributed by atoms with Gasteiger partial charge in [0.05, 0.1) is 19.2 Å². The van der Waals surface area contributed by atoms with Crippen molar-refractivity contribution in [2.45, 2.75) is 20.0 Å². The van der Waals surface area contributed by atoms with Crippen LogP contribution in [0.15, 0.2) is 0 Å². The Kier molecular flexibility index (Phi) is 5.82. The molecule has 2 N–H and O–H groups in total. The van der Waals surface area contributed by atoms with Crippen LogP contribution < -0.4 is 5.32 Å². The summed E-state index contributed by atoms with van der Waals surface area (Å²) in [7, 11) is 0. The number of hydrogen-bond acceptors (Lipinski definition) is 6. The first kappa shape index (κ1) is 11.9. The minimum atomic E-state index is -0.850. The molecule has 0 aromatic carbocycles. The summed E-state index contributed by atoms with van der Waals surface area (Å²) < 4.78 is 4.75. The van der Waals surface area contributed by atoms with Gasteiger partial charge in [0.2, 0.25) is 0 Å². The number of hydrogen-bond donors (Lipinski definition) is 2. The van der Waals surface area contributed by atoms with Crippen LogP contribution in [0.1, 0.15) is 13.8 Å². The maximum Gasteiger partial charge on any atom is 0.355 e. The fourth-order valence-corrected chi connectivity index (χ4v) is 0.603. The van der Waals surface area contributed by atoms with Gasteiger partial charge in [0.25, 0.3) is 0 Å².